The molecule has 18 heavy (non-hydrogen) atoms. The molecule has 2 aromatic carbocycles. The van der Waals surface area contributed by atoms with E-state index in [9.17, 15) is 0 Å². The standard InChI is InChI=1S/C15H15NOS/c1-11-7-8-13(15(16)18)14(9-11)17-10-12-5-3-2-4-6-12/h2-9H,10H2,1H3,(H2,16,18). The van der Waals surface area contributed by atoms with E-state index in [1.807, 2.05) is 55.5 Å². The van der Waals surface area contributed by atoms with Gasteiger partial charge in [0.2, 0.25) is 0 Å². The topological polar surface area (TPSA) is 35.2 Å². The second kappa shape index (κ2) is 5.65. The highest BCUT2D eigenvalue weighted by atomic mass is 32.1. The highest BCUT2D eigenvalue weighted by Crippen LogP contribution is 2.21. The van der Waals surface area contributed by atoms with Gasteiger partial charge in [-0.2, -0.15) is 0 Å². The van der Waals surface area contributed by atoms with Crippen molar-refractivity contribution in [3.8, 4) is 5.75 Å². The van der Waals surface area contributed by atoms with E-state index in [0.29, 0.717) is 11.6 Å². The van der Waals surface area contributed by atoms with Gasteiger partial charge < -0.3 is 10.5 Å². The summed E-state index contributed by atoms with van der Waals surface area (Å²) in [4.78, 5) is 0.359. The smallest absolute Gasteiger partial charge is 0.130 e. The lowest BCUT2D eigenvalue weighted by molar-refractivity contribution is 0.305. The Morgan fingerprint density at radius 2 is 1.89 bits per heavy atom. The van der Waals surface area contributed by atoms with E-state index < -0.39 is 0 Å². The molecule has 3 heteroatoms. The molecule has 2 nitrogen and oxygen atoms in total. The molecule has 0 spiro atoms. The van der Waals surface area contributed by atoms with Gasteiger partial charge in [0, 0.05) is 0 Å². The summed E-state index contributed by atoms with van der Waals surface area (Å²) in [7, 11) is 0. The second-order valence-corrected chi connectivity index (χ2v) is 4.58. The molecule has 2 rings (SSSR count). The number of hydrogen-bond acceptors (Lipinski definition) is 2. The van der Waals surface area contributed by atoms with Crippen LogP contribution in [0.3, 0.4) is 0 Å². The largest absolute Gasteiger partial charge is 0.488 e. The molecule has 0 saturated carbocycles. The summed E-state index contributed by atoms with van der Waals surface area (Å²) in [6.45, 7) is 2.53. The van der Waals surface area contributed by atoms with Gasteiger partial charge >= 0.3 is 0 Å². The van der Waals surface area contributed by atoms with Gasteiger partial charge in [-0.1, -0.05) is 48.6 Å². The van der Waals surface area contributed by atoms with Crippen molar-refractivity contribution >= 4 is 17.2 Å². The summed E-state index contributed by atoms with van der Waals surface area (Å²) < 4.78 is 5.80. The summed E-state index contributed by atoms with van der Waals surface area (Å²) >= 11 is 5.02. The zero-order chi connectivity index (χ0) is 13.0. The van der Waals surface area contributed by atoms with Gasteiger partial charge in [-0.15, -0.1) is 0 Å². The maximum atomic E-state index is 5.80. The van der Waals surface area contributed by atoms with Crippen molar-refractivity contribution in [2.45, 2.75) is 13.5 Å². The van der Waals surface area contributed by atoms with Crippen LogP contribution in [0.1, 0.15) is 16.7 Å². The molecule has 0 unspecified atom stereocenters. The molecule has 0 radical (unpaired) electrons. The molecule has 0 fully saturated rings. The van der Waals surface area contributed by atoms with E-state index in [2.05, 4.69) is 0 Å². The van der Waals surface area contributed by atoms with Crippen molar-refractivity contribution in [1.82, 2.24) is 0 Å². The third kappa shape index (κ3) is 3.08. The Balaban J connectivity index is 2.18. The summed E-state index contributed by atoms with van der Waals surface area (Å²) in [5, 5.41) is 0. The Morgan fingerprint density at radius 1 is 1.17 bits per heavy atom. The first-order valence-corrected chi connectivity index (χ1v) is 6.15. The molecule has 92 valence electrons. The number of rotatable bonds is 4. The van der Waals surface area contributed by atoms with Crippen molar-refractivity contribution in [1.29, 1.82) is 0 Å². The number of thiocarbonyl (C=S) groups is 1. The van der Waals surface area contributed by atoms with Gasteiger partial charge in [-0.05, 0) is 30.2 Å². The molecular weight excluding hydrogens is 242 g/mol. The summed E-state index contributed by atoms with van der Waals surface area (Å²) in [5.74, 6) is 0.742. The third-order valence-corrected chi connectivity index (χ3v) is 2.86. The van der Waals surface area contributed by atoms with E-state index >= 15 is 0 Å². The Hall–Kier alpha value is -1.87. The summed E-state index contributed by atoms with van der Waals surface area (Å²) in [5.41, 5.74) is 8.71. The first kappa shape index (κ1) is 12.6. The van der Waals surface area contributed by atoms with Crippen LogP contribution in [-0.2, 0) is 6.61 Å². The highest BCUT2D eigenvalue weighted by Gasteiger charge is 2.06. The number of nitrogens with two attached hydrogens (primary N) is 1. The van der Waals surface area contributed by atoms with Crippen LogP contribution in [0.25, 0.3) is 0 Å². The number of aryl methyl sites for hydroxylation is 1. The van der Waals surface area contributed by atoms with Crippen LogP contribution in [0.4, 0.5) is 0 Å². The lowest BCUT2D eigenvalue weighted by Gasteiger charge is -2.11. The van der Waals surface area contributed by atoms with Crippen LogP contribution < -0.4 is 10.5 Å². The Morgan fingerprint density at radius 3 is 2.56 bits per heavy atom. The lowest BCUT2D eigenvalue weighted by atomic mass is 10.1. The SMILES string of the molecule is Cc1ccc(C(N)=S)c(OCc2ccccc2)c1. The predicted octanol–water partition coefficient (Wildman–Crippen LogP) is 3.21. The molecule has 0 saturated heterocycles. The molecule has 0 heterocycles. The fourth-order valence-electron chi connectivity index (χ4n) is 1.69. The Bertz CT molecular complexity index is 552. The first-order valence-electron chi connectivity index (χ1n) is 5.74. The van der Waals surface area contributed by atoms with Gasteiger partial charge in [0.1, 0.15) is 17.3 Å². The van der Waals surface area contributed by atoms with Crippen molar-refractivity contribution in [2.24, 2.45) is 5.73 Å². The minimum absolute atomic E-state index is 0.359. The molecular formula is C15H15NOS. The van der Waals surface area contributed by atoms with Crippen LogP contribution >= 0.6 is 12.2 Å². The van der Waals surface area contributed by atoms with E-state index in [-0.39, 0.29) is 0 Å². The van der Waals surface area contributed by atoms with Gasteiger partial charge in [-0.3, -0.25) is 0 Å². The maximum absolute atomic E-state index is 5.80. The molecule has 2 aromatic rings. The number of benzene rings is 2. The van der Waals surface area contributed by atoms with E-state index in [4.69, 9.17) is 22.7 Å². The molecule has 0 amide bonds. The molecule has 0 aliphatic rings. The van der Waals surface area contributed by atoms with Crippen molar-refractivity contribution < 1.29 is 4.74 Å². The van der Waals surface area contributed by atoms with Crippen molar-refractivity contribution in [2.75, 3.05) is 0 Å². The van der Waals surface area contributed by atoms with E-state index in [0.717, 1.165) is 22.4 Å². The normalized spacial score (nSPS) is 10.1. The molecule has 2 N–H and O–H groups in total. The zero-order valence-electron chi connectivity index (χ0n) is 10.2. The zero-order valence-corrected chi connectivity index (χ0v) is 11.0. The minimum Gasteiger partial charge on any atom is -0.488 e. The van der Waals surface area contributed by atoms with Gasteiger partial charge in [0.05, 0.1) is 5.56 Å². The van der Waals surface area contributed by atoms with Crippen LogP contribution in [0.5, 0.6) is 5.75 Å². The molecule has 0 aliphatic heterocycles. The second-order valence-electron chi connectivity index (χ2n) is 4.14. The monoisotopic (exact) mass is 257 g/mol. The van der Waals surface area contributed by atoms with Crippen LogP contribution in [0.15, 0.2) is 48.5 Å². The van der Waals surface area contributed by atoms with Crippen LogP contribution in [-0.4, -0.2) is 4.99 Å². The minimum atomic E-state index is 0.359. The Kier molecular flexibility index (Phi) is 3.95. The fraction of sp³-hybridized carbons (Fsp3) is 0.133. The van der Waals surface area contributed by atoms with E-state index in [1.54, 1.807) is 0 Å². The van der Waals surface area contributed by atoms with Gasteiger partial charge in [0.15, 0.2) is 0 Å². The molecule has 0 bridgehead atoms. The lowest BCUT2D eigenvalue weighted by Crippen LogP contribution is -2.11. The predicted molar refractivity (Wildman–Crippen MR) is 77.8 cm³/mol. The highest BCUT2D eigenvalue weighted by molar-refractivity contribution is 7.80. The van der Waals surface area contributed by atoms with E-state index in [1.165, 1.54) is 0 Å². The van der Waals surface area contributed by atoms with Gasteiger partial charge in [0.25, 0.3) is 0 Å². The van der Waals surface area contributed by atoms with Crippen molar-refractivity contribution in [3.05, 3.63) is 65.2 Å². The average Bonchev–Trinajstić information content (AvgIpc) is 2.37. The quantitative estimate of drug-likeness (QED) is 0.854. The average molecular weight is 257 g/mol. The molecule has 0 aliphatic carbocycles. The van der Waals surface area contributed by atoms with Crippen LogP contribution in [0, 0.1) is 6.92 Å². The number of ether oxygens (including phenoxy) is 1. The van der Waals surface area contributed by atoms with Crippen LogP contribution in [0.2, 0.25) is 0 Å². The Labute approximate surface area is 112 Å². The first-order chi connectivity index (χ1) is 8.66. The maximum Gasteiger partial charge on any atom is 0.130 e. The summed E-state index contributed by atoms with van der Waals surface area (Å²) in [6, 6.07) is 15.8. The third-order valence-electron chi connectivity index (χ3n) is 2.64. The fourth-order valence-corrected chi connectivity index (χ4v) is 1.86. The van der Waals surface area contributed by atoms with Gasteiger partial charge in [-0.25, -0.2) is 0 Å². The molecule has 0 atom stereocenters. The summed E-state index contributed by atoms with van der Waals surface area (Å²) in [6.07, 6.45) is 0. The molecule has 0 aromatic heterocycles. The van der Waals surface area contributed by atoms with Crippen molar-refractivity contribution in [3.63, 3.8) is 0 Å². The number of hydrogen-bond donors (Lipinski definition) is 1.